The van der Waals surface area contributed by atoms with E-state index in [9.17, 15) is 32.9 Å². The first-order valence-corrected chi connectivity index (χ1v) is 6.86. The minimum Gasteiger partial charge on any atom is -0.481 e. The van der Waals surface area contributed by atoms with E-state index in [1.54, 1.807) is 0 Å². The average Bonchev–Trinajstić information content (AvgIpc) is 2.91. The van der Waals surface area contributed by atoms with Gasteiger partial charge in [0.15, 0.2) is 5.78 Å². The summed E-state index contributed by atoms with van der Waals surface area (Å²) in [6, 6.07) is 3.36. The van der Waals surface area contributed by atoms with Crippen molar-refractivity contribution in [3.8, 4) is 0 Å². The zero-order valence-corrected chi connectivity index (χ0v) is 12.4. The minimum absolute atomic E-state index is 0.142. The Morgan fingerprint density at radius 3 is 2.38 bits per heavy atom. The predicted molar refractivity (Wildman–Crippen MR) is 76.0 cm³/mol. The average molecular weight is 346 g/mol. The van der Waals surface area contributed by atoms with E-state index in [4.69, 9.17) is 5.11 Å². The van der Waals surface area contributed by atoms with Crippen LogP contribution >= 0.6 is 0 Å². The third-order valence-corrected chi connectivity index (χ3v) is 3.98. The van der Waals surface area contributed by atoms with Gasteiger partial charge in [0.1, 0.15) is 0 Å². The number of hydrogen-bond donors (Lipinski definition) is 1. The van der Waals surface area contributed by atoms with Crippen molar-refractivity contribution in [1.82, 2.24) is 0 Å². The molecule has 0 bridgehead atoms. The first kappa shape index (κ1) is 17.7. The lowest BCUT2D eigenvalue weighted by Gasteiger charge is -2.20. The SMILES string of the molecule is CC(=O)c1cc(N2C[C@@H](C(F)(F)F)[C@H](C(=O)O)C2)ccc1[N+](=O)[O-]. The molecule has 24 heavy (non-hydrogen) atoms. The fourth-order valence-electron chi connectivity index (χ4n) is 2.76. The maximum absolute atomic E-state index is 13.0. The number of rotatable bonds is 4. The molecular formula is C14H13F3N2O5. The predicted octanol–water partition coefficient (Wildman–Crippen LogP) is 2.50. The number of carbonyl (C=O) groups is 2. The van der Waals surface area contributed by atoms with Gasteiger partial charge >= 0.3 is 12.1 Å². The van der Waals surface area contributed by atoms with Crippen molar-refractivity contribution in [3.63, 3.8) is 0 Å². The van der Waals surface area contributed by atoms with Crippen LogP contribution in [0.4, 0.5) is 24.5 Å². The van der Waals surface area contributed by atoms with E-state index in [-0.39, 0.29) is 11.3 Å². The quantitative estimate of drug-likeness (QED) is 0.511. The van der Waals surface area contributed by atoms with Gasteiger partial charge in [0, 0.05) is 24.8 Å². The van der Waals surface area contributed by atoms with Gasteiger partial charge in [0.05, 0.1) is 22.3 Å². The number of hydrogen-bond acceptors (Lipinski definition) is 5. The van der Waals surface area contributed by atoms with Crippen molar-refractivity contribution < 1.29 is 32.8 Å². The smallest absolute Gasteiger partial charge is 0.394 e. The topological polar surface area (TPSA) is 101 Å². The lowest BCUT2D eigenvalue weighted by Crippen LogP contribution is -2.33. The van der Waals surface area contributed by atoms with Crippen molar-refractivity contribution in [3.05, 3.63) is 33.9 Å². The maximum atomic E-state index is 13.0. The highest BCUT2D eigenvalue weighted by molar-refractivity contribution is 5.99. The number of alkyl halides is 3. The second-order valence-corrected chi connectivity index (χ2v) is 5.51. The summed E-state index contributed by atoms with van der Waals surface area (Å²) < 4.78 is 39.0. The number of nitro groups is 1. The van der Waals surface area contributed by atoms with Crippen LogP contribution in [0.1, 0.15) is 17.3 Å². The second kappa shape index (κ2) is 6.10. The van der Waals surface area contributed by atoms with Gasteiger partial charge < -0.3 is 10.0 Å². The molecule has 1 heterocycles. The number of ketones is 1. The van der Waals surface area contributed by atoms with Gasteiger partial charge in [-0.2, -0.15) is 13.2 Å². The molecule has 0 spiro atoms. The van der Waals surface area contributed by atoms with Crippen LogP contribution < -0.4 is 4.90 Å². The Labute approximate surface area is 133 Å². The molecule has 10 heteroatoms. The Morgan fingerprint density at radius 1 is 1.33 bits per heavy atom. The Morgan fingerprint density at radius 2 is 1.96 bits per heavy atom. The molecule has 0 radical (unpaired) electrons. The van der Waals surface area contributed by atoms with Crippen molar-refractivity contribution in [2.24, 2.45) is 11.8 Å². The highest BCUT2D eigenvalue weighted by atomic mass is 19.4. The number of nitro benzene ring substituents is 1. The van der Waals surface area contributed by atoms with E-state index in [1.807, 2.05) is 0 Å². The molecule has 130 valence electrons. The van der Waals surface area contributed by atoms with Crippen molar-refractivity contribution in [2.45, 2.75) is 13.1 Å². The molecule has 1 aliphatic heterocycles. The zero-order valence-electron chi connectivity index (χ0n) is 12.4. The number of nitrogens with zero attached hydrogens (tertiary/aromatic N) is 2. The molecule has 0 aromatic heterocycles. The summed E-state index contributed by atoms with van der Waals surface area (Å²) >= 11 is 0. The lowest BCUT2D eigenvalue weighted by atomic mass is 9.96. The summed E-state index contributed by atoms with van der Waals surface area (Å²) in [5, 5.41) is 19.9. The van der Waals surface area contributed by atoms with Crippen LogP contribution in [0.15, 0.2) is 18.2 Å². The molecule has 1 fully saturated rings. The minimum atomic E-state index is -4.68. The van der Waals surface area contributed by atoms with Crippen molar-refractivity contribution in [1.29, 1.82) is 0 Å². The molecule has 1 saturated heterocycles. The molecule has 2 atom stereocenters. The largest absolute Gasteiger partial charge is 0.481 e. The fraction of sp³-hybridized carbons (Fsp3) is 0.429. The van der Waals surface area contributed by atoms with Gasteiger partial charge in [0.25, 0.3) is 5.69 Å². The second-order valence-electron chi connectivity index (χ2n) is 5.51. The van der Waals surface area contributed by atoms with Crippen LogP contribution in [0.3, 0.4) is 0 Å². The normalized spacial score (nSPS) is 20.9. The summed E-state index contributed by atoms with van der Waals surface area (Å²) in [4.78, 5) is 33.9. The van der Waals surface area contributed by atoms with Gasteiger partial charge in [0.2, 0.25) is 0 Å². The number of carboxylic acid groups (broad SMARTS) is 1. The summed E-state index contributed by atoms with van der Waals surface area (Å²) in [5.74, 6) is -5.86. The molecule has 0 saturated carbocycles. The molecule has 0 amide bonds. The van der Waals surface area contributed by atoms with Gasteiger partial charge in [-0.3, -0.25) is 19.7 Å². The molecule has 1 aromatic rings. The number of aliphatic carboxylic acids is 1. The Hall–Kier alpha value is -2.65. The first-order valence-electron chi connectivity index (χ1n) is 6.86. The van der Waals surface area contributed by atoms with Gasteiger partial charge in [-0.05, 0) is 19.1 Å². The standard InChI is InChI=1S/C14H13F3N2O5/c1-7(20)9-4-8(2-3-12(9)19(23)24)18-5-10(13(21)22)11(6-18)14(15,16)17/h2-4,10-11H,5-6H2,1H3,(H,21,22)/t10-,11-/m1/s1. The third-order valence-electron chi connectivity index (χ3n) is 3.98. The van der Waals surface area contributed by atoms with Gasteiger partial charge in [-0.1, -0.05) is 0 Å². The molecule has 1 aromatic carbocycles. The lowest BCUT2D eigenvalue weighted by molar-refractivity contribution is -0.385. The zero-order chi connectivity index (χ0) is 18.2. The molecule has 7 nitrogen and oxygen atoms in total. The van der Waals surface area contributed by atoms with E-state index in [0.29, 0.717) is 0 Å². The number of carboxylic acids is 1. The van der Waals surface area contributed by atoms with E-state index >= 15 is 0 Å². The molecular weight excluding hydrogens is 333 g/mol. The van der Waals surface area contributed by atoms with Crippen LogP contribution in [0.25, 0.3) is 0 Å². The Bertz CT molecular complexity index is 704. The van der Waals surface area contributed by atoms with Crippen molar-refractivity contribution >= 4 is 23.1 Å². The number of anilines is 1. The summed E-state index contributed by atoms with van der Waals surface area (Å²) in [7, 11) is 0. The van der Waals surface area contributed by atoms with Crippen LogP contribution in [0.5, 0.6) is 0 Å². The molecule has 2 rings (SSSR count). The monoisotopic (exact) mass is 346 g/mol. The highest BCUT2D eigenvalue weighted by Crippen LogP contribution is 2.40. The maximum Gasteiger partial charge on any atom is 0.394 e. The van der Waals surface area contributed by atoms with Gasteiger partial charge in [-0.15, -0.1) is 0 Å². The first-order chi connectivity index (χ1) is 11.0. The molecule has 0 unspecified atom stereocenters. The molecule has 1 aliphatic rings. The number of Topliss-reactive ketones (excluding diaryl/α,β-unsaturated/α-hetero) is 1. The van der Waals surface area contributed by atoms with Crippen LogP contribution in [0.2, 0.25) is 0 Å². The summed E-state index contributed by atoms with van der Waals surface area (Å²) in [6.45, 7) is 0.124. The highest BCUT2D eigenvalue weighted by Gasteiger charge is 2.52. The Balaban J connectivity index is 2.39. The molecule has 1 N–H and O–H groups in total. The number of halogens is 3. The fourth-order valence-corrected chi connectivity index (χ4v) is 2.76. The number of benzene rings is 1. The van der Waals surface area contributed by atoms with E-state index < -0.39 is 53.5 Å². The molecule has 0 aliphatic carbocycles. The van der Waals surface area contributed by atoms with Gasteiger partial charge in [-0.25, -0.2) is 0 Å². The van der Waals surface area contributed by atoms with E-state index in [2.05, 4.69) is 0 Å². The van der Waals surface area contributed by atoms with Crippen LogP contribution in [-0.2, 0) is 4.79 Å². The van der Waals surface area contributed by atoms with E-state index in [0.717, 1.165) is 19.1 Å². The van der Waals surface area contributed by atoms with Crippen LogP contribution in [-0.4, -0.2) is 41.0 Å². The summed E-state index contributed by atoms with van der Waals surface area (Å²) in [5.41, 5.74) is -0.545. The van der Waals surface area contributed by atoms with Crippen LogP contribution in [0, 0.1) is 22.0 Å². The Kier molecular flexibility index (Phi) is 4.50. The van der Waals surface area contributed by atoms with Crippen molar-refractivity contribution in [2.75, 3.05) is 18.0 Å². The summed E-state index contributed by atoms with van der Waals surface area (Å²) in [6.07, 6.45) is -4.68. The van der Waals surface area contributed by atoms with E-state index in [1.165, 1.54) is 11.0 Å². The third kappa shape index (κ3) is 3.31. The number of carbonyl (C=O) groups excluding carboxylic acids is 1.